The predicted octanol–water partition coefficient (Wildman–Crippen LogP) is 8.85. The quantitative estimate of drug-likeness (QED) is 0.0311. The number of aromatic hydroxyl groups is 1. The molecular formula is C60H58F7N9O7. The summed E-state index contributed by atoms with van der Waals surface area (Å²) in [4.78, 5) is 47.6. The molecule has 7 heterocycles. The van der Waals surface area contributed by atoms with E-state index in [1.807, 2.05) is 13.8 Å². The Morgan fingerprint density at radius 3 is 2.25 bits per heavy atom. The Morgan fingerprint density at radius 1 is 0.867 bits per heavy atom. The number of carbonyl (C=O) groups is 2. The Morgan fingerprint density at radius 2 is 1.57 bits per heavy atom. The zero-order valence-electron chi connectivity index (χ0n) is 45.4. The number of anilines is 1. The number of ether oxygens (including phenoxy) is 2. The van der Waals surface area contributed by atoms with E-state index in [0.29, 0.717) is 61.5 Å². The van der Waals surface area contributed by atoms with Crippen molar-refractivity contribution in [3.63, 3.8) is 0 Å². The number of phenols is 1. The van der Waals surface area contributed by atoms with E-state index in [4.69, 9.17) is 25.4 Å². The summed E-state index contributed by atoms with van der Waals surface area (Å²) < 4.78 is 121. The lowest BCUT2D eigenvalue weighted by molar-refractivity contribution is -0.141. The largest absolute Gasteiger partial charge is 0.508 e. The number of aliphatic hydroxyl groups is 1. The molecule has 0 spiro atoms. The number of hydrogen-bond donors (Lipinski definition) is 4. The molecule has 11 rings (SSSR count). The Hall–Kier alpha value is -8.07. The monoisotopic (exact) mass is 1150 g/mol. The average molecular weight is 1150 g/mol. The van der Waals surface area contributed by atoms with Crippen LogP contribution in [0.1, 0.15) is 81.7 Å². The number of carbonyl (C=O) groups excluding carboxylic acids is 2. The number of amides is 2. The van der Waals surface area contributed by atoms with Crippen LogP contribution in [0.5, 0.6) is 17.6 Å². The van der Waals surface area contributed by atoms with Gasteiger partial charge in [-0.15, -0.1) is 6.42 Å². The van der Waals surface area contributed by atoms with Crippen molar-refractivity contribution in [2.45, 2.75) is 89.1 Å². The SMILES string of the molecule is C#Cc1c(F)ccc2cc(O)cc(-c3ncc4c(N5CC6CCC(C5)N6)nc(OCCN5CCC(COc6cc([C@H](C(=O)N7C[C@H](O)C[C@H]7C(=O)N[C@@H](C)c7ccc(-c8c(F)c(F)c(F)c(F)c8F)cc7)C(C)C)on6)CC5)nc4c3F)c12. The number of nitrogens with zero attached hydrogens (tertiary/aromatic N) is 7. The van der Waals surface area contributed by atoms with Gasteiger partial charge in [0.1, 0.15) is 47.2 Å². The molecule has 0 aliphatic carbocycles. The number of rotatable bonds is 16. The van der Waals surface area contributed by atoms with Crippen LogP contribution < -0.4 is 25.0 Å². The van der Waals surface area contributed by atoms with Gasteiger partial charge >= 0.3 is 6.01 Å². The number of aliphatic hydroxyl groups excluding tert-OH is 1. The standard InChI is InChI=1S/C60H58F7N9O7/c1-5-39-42(61)13-10-34-20-37(77)21-40(47(34)39)55-54(67)56-41(24-68-55)57(75-25-35-11-12-36(26-75)70-35)72-60(71-56)81-19-18-74-16-14-31(15-17-74)28-82-45-23-44(83-73-45)46(29(2)3)59(80)76-27-38(78)22-43(76)58(79)69-30(4)32-6-8-33(9-7-32)48-49(62)51(64)53(66)52(65)50(48)63/h1,6-10,13,20-21,23-24,29-31,35-36,38,43,46,70,77-78H,11-12,14-19,22,25-28H2,2-4H3,(H,69,79)/t30-,35?,36?,38+,43-,46+/m0/s1. The maximum Gasteiger partial charge on any atom is 0.319 e. The highest BCUT2D eigenvalue weighted by molar-refractivity contribution is 6.03. The summed E-state index contributed by atoms with van der Waals surface area (Å²) in [5.74, 6) is -11.0. The Labute approximate surface area is 472 Å². The lowest BCUT2D eigenvalue weighted by Gasteiger charge is -2.34. The number of hydrogen-bond acceptors (Lipinski definition) is 14. The molecule has 2 amide bonds. The highest BCUT2D eigenvalue weighted by atomic mass is 19.2. The van der Waals surface area contributed by atoms with Crippen LogP contribution >= 0.6 is 0 Å². The third-order valence-electron chi connectivity index (χ3n) is 16.3. The Bertz CT molecular complexity index is 3650. The number of nitrogens with one attached hydrogen (secondary N) is 2. The van der Waals surface area contributed by atoms with Crippen molar-refractivity contribution >= 4 is 39.3 Å². The van der Waals surface area contributed by atoms with Crippen molar-refractivity contribution in [1.82, 2.24) is 40.5 Å². The summed E-state index contributed by atoms with van der Waals surface area (Å²) in [5, 5.41) is 32.9. The molecule has 434 valence electrons. The van der Waals surface area contributed by atoms with E-state index in [0.717, 1.165) is 25.7 Å². The summed E-state index contributed by atoms with van der Waals surface area (Å²) in [6, 6.07) is 10.6. The Balaban J connectivity index is 0.701. The molecule has 0 saturated carbocycles. The number of terminal acetylenes is 1. The second kappa shape index (κ2) is 23.3. The van der Waals surface area contributed by atoms with Crippen LogP contribution in [0.4, 0.5) is 36.6 Å². The van der Waals surface area contributed by atoms with E-state index in [9.17, 15) is 41.8 Å². The van der Waals surface area contributed by atoms with E-state index in [1.165, 1.54) is 59.6 Å². The molecule has 4 aromatic carbocycles. The van der Waals surface area contributed by atoms with Crippen molar-refractivity contribution in [2.75, 3.05) is 57.4 Å². The van der Waals surface area contributed by atoms with Crippen LogP contribution in [0.25, 0.3) is 44.1 Å². The number of β-amino-alcohol motifs (C(OH)–C–C–N with tert-alkyl or cyclic N) is 1. The summed E-state index contributed by atoms with van der Waals surface area (Å²) in [6.45, 7) is 8.82. The number of pyridine rings is 1. The van der Waals surface area contributed by atoms with Gasteiger partial charge in [-0.05, 0) is 97.4 Å². The minimum absolute atomic E-state index is 0.0229. The molecule has 3 aromatic heterocycles. The highest BCUT2D eigenvalue weighted by Gasteiger charge is 2.44. The molecule has 16 nitrogen and oxygen atoms in total. The topological polar surface area (TPSA) is 192 Å². The van der Waals surface area contributed by atoms with Crippen LogP contribution in [0.2, 0.25) is 0 Å². The number of piperazine rings is 1. The highest BCUT2D eigenvalue weighted by Crippen LogP contribution is 2.41. The number of fused-ring (bicyclic) bond motifs is 4. The van der Waals surface area contributed by atoms with Gasteiger partial charge in [-0.3, -0.25) is 19.5 Å². The molecule has 4 aliphatic rings. The summed E-state index contributed by atoms with van der Waals surface area (Å²) in [7, 11) is 0. The molecule has 6 atom stereocenters. The number of phenolic OH excluding ortho intramolecular Hbond substituents is 1. The zero-order chi connectivity index (χ0) is 58.5. The van der Waals surface area contributed by atoms with Crippen molar-refractivity contribution in [1.29, 1.82) is 0 Å². The summed E-state index contributed by atoms with van der Waals surface area (Å²) in [5.41, 5.74) is -1.15. The van der Waals surface area contributed by atoms with Gasteiger partial charge in [-0.2, -0.15) is 9.97 Å². The van der Waals surface area contributed by atoms with Crippen molar-refractivity contribution in [2.24, 2.45) is 11.8 Å². The van der Waals surface area contributed by atoms with E-state index >= 15 is 8.78 Å². The fraction of sp³-hybridized carbons (Fsp3) is 0.400. The lowest BCUT2D eigenvalue weighted by atomic mass is 9.91. The third-order valence-corrected chi connectivity index (χ3v) is 16.3. The lowest BCUT2D eigenvalue weighted by Crippen LogP contribution is -2.51. The first-order chi connectivity index (χ1) is 39.8. The molecule has 2 unspecified atom stereocenters. The van der Waals surface area contributed by atoms with E-state index < -0.39 is 82.2 Å². The molecule has 4 aliphatic heterocycles. The maximum absolute atomic E-state index is 17.1. The minimum atomic E-state index is -2.27. The second-order valence-electron chi connectivity index (χ2n) is 22.1. The van der Waals surface area contributed by atoms with Gasteiger partial charge in [0.25, 0.3) is 5.88 Å². The van der Waals surface area contributed by atoms with Gasteiger partial charge < -0.3 is 44.6 Å². The fourth-order valence-electron chi connectivity index (χ4n) is 12.0. The van der Waals surface area contributed by atoms with Crippen LogP contribution in [-0.2, 0) is 9.59 Å². The molecule has 4 saturated heterocycles. The number of halogens is 7. The van der Waals surface area contributed by atoms with E-state index in [1.54, 1.807) is 13.0 Å². The Kier molecular flexibility index (Phi) is 15.9. The van der Waals surface area contributed by atoms with Crippen molar-refractivity contribution in [3.8, 4) is 52.4 Å². The van der Waals surface area contributed by atoms with E-state index in [-0.39, 0.29) is 100 Å². The molecule has 4 N–H and O–H groups in total. The van der Waals surface area contributed by atoms with Crippen molar-refractivity contribution < 1.29 is 64.5 Å². The van der Waals surface area contributed by atoms with Gasteiger partial charge in [0, 0.05) is 67.9 Å². The molecule has 2 bridgehead atoms. The first kappa shape index (κ1) is 56.8. The second-order valence-corrected chi connectivity index (χ2v) is 22.1. The first-order valence-corrected chi connectivity index (χ1v) is 27.5. The summed E-state index contributed by atoms with van der Waals surface area (Å²) >= 11 is 0. The van der Waals surface area contributed by atoms with Crippen LogP contribution in [0.3, 0.4) is 0 Å². The predicted molar refractivity (Wildman–Crippen MR) is 291 cm³/mol. The number of piperidine rings is 1. The number of benzene rings is 4. The summed E-state index contributed by atoms with van der Waals surface area (Å²) in [6.07, 6.45) is 9.70. The number of aromatic nitrogens is 4. The van der Waals surface area contributed by atoms with E-state index in [2.05, 4.69) is 41.5 Å². The van der Waals surface area contributed by atoms with Gasteiger partial charge in [0.15, 0.2) is 34.8 Å². The normalized spacial score (nSPS) is 20.1. The smallest absolute Gasteiger partial charge is 0.319 e. The van der Waals surface area contributed by atoms with Gasteiger partial charge in [0.05, 0.1) is 35.3 Å². The number of likely N-dealkylation sites (tertiary alicyclic amines) is 2. The average Bonchev–Trinajstić information content (AvgIpc) is 3.54. The van der Waals surface area contributed by atoms with Crippen molar-refractivity contribution in [3.05, 3.63) is 118 Å². The van der Waals surface area contributed by atoms with Gasteiger partial charge in [-0.1, -0.05) is 50.1 Å². The molecular weight excluding hydrogens is 1090 g/mol. The molecule has 0 radical (unpaired) electrons. The van der Waals surface area contributed by atoms with Crippen LogP contribution in [0.15, 0.2) is 65.3 Å². The van der Waals surface area contributed by atoms with Crippen LogP contribution in [0, 0.1) is 64.9 Å². The zero-order valence-corrected chi connectivity index (χ0v) is 45.4. The minimum Gasteiger partial charge on any atom is -0.508 e. The van der Waals surface area contributed by atoms with Gasteiger partial charge in [0.2, 0.25) is 17.6 Å². The molecule has 7 aromatic rings. The molecule has 23 heteroatoms. The molecule has 4 fully saturated rings. The van der Waals surface area contributed by atoms with Crippen LogP contribution in [-0.4, -0.2) is 129 Å². The fourth-order valence-corrected chi connectivity index (χ4v) is 12.0. The maximum atomic E-state index is 17.1. The third kappa shape index (κ3) is 11.2. The first-order valence-electron chi connectivity index (χ1n) is 27.5. The van der Waals surface area contributed by atoms with Gasteiger partial charge in [-0.25, -0.2) is 30.7 Å². The molecule has 83 heavy (non-hydrogen) atoms.